The summed E-state index contributed by atoms with van der Waals surface area (Å²) in [5.74, 6) is 0.135. The average molecular weight is 179 g/mol. The van der Waals surface area contributed by atoms with Gasteiger partial charge in [0.05, 0.1) is 0 Å². The predicted octanol–water partition coefficient (Wildman–Crippen LogP) is 1.61. The number of carbonyl (C=O) groups excluding carboxylic acids is 1. The van der Waals surface area contributed by atoms with Crippen LogP contribution in [0.5, 0.6) is 0 Å². The minimum atomic E-state index is -0.134. The van der Waals surface area contributed by atoms with Gasteiger partial charge in [-0.2, -0.15) is 0 Å². The Bertz CT molecular complexity index is 305. The van der Waals surface area contributed by atoms with Crippen molar-refractivity contribution < 1.29 is 9.53 Å². The number of cyclic esters (lactones) is 1. The molecule has 2 rings (SSSR count). The Labute approximate surface area is 77.3 Å². The number of carbonyl (C=O) groups is 1. The van der Waals surface area contributed by atoms with E-state index in [1.807, 2.05) is 42.9 Å². The van der Waals surface area contributed by atoms with Gasteiger partial charge in [-0.15, -0.1) is 0 Å². The molecule has 0 aromatic carbocycles. The molecule has 3 nitrogen and oxygen atoms in total. The van der Waals surface area contributed by atoms with Gasteiger partial charge >= 0.3 is 5.97 Å². The van der Waals surface area contributed by atoms with Gasteiger partial charge in [0.1, 0.15) is 12.1 Å². The van der Waals surface area contributed by atoms with Crippen molar-refractivity contribution in [3.63, 3.8) is 0 Å². The fraction of sp³-hybridized carbons (Fsp3) is 0.500. The molecule has 0 spiro atoms. The van der Waals surface area contributed by atoms with Gasteiger partial charge in [0.15, 0.2) is 0 Å². The van der Waals surface area contributed by atoms with Gasteiger partial charge in [-0.1, -0.05) is 6.92 Å². The summed E-state index contributed by atoms with van der Waals surface area (Å²) in [6.45, 7) is 3.98. The summed E-state index contributed by atoms with van der Waals surface area (Å²) < 4.78 is 7.06. The molecule has 2 heterocycles. The van der Waals surface area contributed by atoms with Crippen molar-refractivity contribution in [3.8, 4) is 0 Å². The third-order valence-electron chi connectivity index (χ3n) is 2.73. The number of aromatic nitrogens is 1. The fourth-order valence-corrected chi connectivity index (χ4v) is 1.76. The number of esters is 1. The lowest BCUT2D eigenvalue weighted by atomic mass is 10.0. The predicted molar refractivity (Wildman–Crippen MR) is 48.2 cm³/mol. The Hall–Kier alpha value is -1.25. The minimum absolute atomic E-state index is 0.0277. The van der Waals surface area contributed by atoms with Gasteiger partial charge in [0.2, 0.25) is 0 Å². The maximum absolute atomic E-state index is 11.5. The molecule has 3 unspecified atom stereocenters. The summed E-state index contributed by atoms with van der Waals surface area (Å²) in [6, 6.07) is 3.70. The monoisotopic (exact) mass is 179 g/mol. The first-order valence-corrected chi connectivity index (χ1v) is 4.53. The highest BCUT2D eigenvalue weighted by Gasteiger charge is 2.39. The largest absolute Gasteiger partial charge is 0.461 e. The van der Waals surface area contributed by atoms with E-state index in [0.29, 0.717) is 0 Å². The highest BCUT2D eigenvalue weighted by Crippen LogP contribution is 2.31. The fourth-order valence-electron chi connectivity index (χ4n) is 1.76. The Morgan fingerprint density at radius 3 is 2.38 bits per heavy atom. The Kier molecular flexibility index (Phi) is 1.87. The number of nitrogens with zero attached hydrogens (tertiary/aromatic N) is 1. The quantitative estimate of drug-likeness (QED) is 0.613. The van der Waals surface area contributed by atoms with Crippen molar-refractivity contribution in [2.75, 3.05) is 0 Å². The molecule has 0 saturated carbocycles. The third-order valence-corrected chi connectivity index (χ3v) is 2.73. The van der Waals surface area contributed by atoms with Gasteiger partial charge in [0.25, 0.3) is 0 Å². The van der Waals surface area contributed by atoms with Crippen LogP contribution in [0.3, 0.4) is 0 Å². The van der Waals surface area contributed by atoms with E-state index in [9.17, 15) is 4.79 Å². The van der Waals surface area contributed by atoms with Crippen LogP contribution in [0.1, 0.15) is 19.9 Å². The summed E-state index contributed by atoms with van der Waals surface area (Å²) >= 11 is 0. The molecule has 1 aromatic heterocycles. The molecule has 0 radical (unpaired) electrons. The molecule has 0 bridgehead atoms. The minimum Gasteiger partial charge on any atom is -0.461 e. The van der Waals surface area contributed by atoms with Crippen molar-refractivity contribution in [1.82, 2.24) is 4.57 Å². The molecule has 1 saturated heterocycles. The number of ether oxygens (including phenoxy) is 1. The average Bonchev–Trinajstić information content (AvgIpc) is 2.63. The summed E-state index contributed by atoms with van der Waals surface area (Å²) in [7, 11) is 0. The smallest absolute Gasteiger partial charge is 0.329 e. The van der Waals surface area contributed by atoms with Crippen molar-refractivity contribution in [3.05, 3.63) is 24.5 Å². The SMILES string of the molecule is CC1OC(=O)C(n2cccc2)C1C. The first kappa shape index (κ1) is 8.35. The van der Waals surface area contributed by atoms with Gasteiger partial charge in [-0.25, -0.2) is 4.79 Å². The van der Waals surface area contributed by atoms with Crippen LogP contribution in [0.2, 0.25) is 0 Å². The second-order valence-corrected chi connectivity index (χ2v) is 3.58. The van der Waals surface area contributed by atoms with E-state index in [1.54, 1.807) is 0 Å². The van der Waals surface area contributed by atoms with Crippen LogP contribution in [0, 0.1) is 5.92 Å². The lowest BCUT2D eigenvalue weighted by molar-refractivity contribution is -0.143. The second kappa shape index (κ2) is 2.91. The molecule has 0 aliphatic carbocycles. The molecule has 13 heavy (non-hydrogen) atoms. The van der Waals surface area contributed by atoms with Crippen LogP contribution in [0.4, 0.5) is 0 Å². The van der Waals surface area contributed by atoms with Crippen LogP contribution < -0.4 is 0 Å². The van der Waals surface area contributed by atoms with Crippen molar-refractivity contribution in [1.29, 1.82) is 0 Å². The zero-order valence-electron chi connectivity index (χ0n) is 7.81. The van der Waals surface area contributed by atoms with Gasteiger partial charge in [-0.05, 0) is 19.1 Å². The molecule has 1 aliphatic heterocycles. The maximum atomic E-state index is 11.5. The van der Waals surface area contributed by atoms with Crippen molar-refractivity contribution >= 4 is 5.97 Å². The van der Waals surface area contributed by atoms with E-state index < -0.39 is 0 Å². The van der Waals surface area contributed by atoms with Crippen LogP contribution in [-0.4, -0.2) is 16.6 Å². The standard InChI is InChI=1S/C10H13NO2/c1-7-8(2)13-10(12)9(7)11-5-3-4-6-11/h3-9H,1-2H3. The van der Waals surface area contributed by atoms with E-state index in [4.69, 9.17) is 4.74 Å². The normalized spacial score (nSPS) is 33.4. The molecular weight excluding hydrogens is 166 g/mol. The number of hydrogen-bond acceptors (Lipinski definition) is 2. The lowest BCUT2D eigenvalue weighted by Crippen LogP contribution is -2.19. The molecule has 1 fully saturated rings. The van der Waals surface area contributed by atoms with E-state index in [-0.39, 0.29) is 24.0 Å². The highest BCUT2D eigenvalue weighted by molar-refractivity contribution is 5.77. The second-order valence-electron chi connectivity index (χ2n) is 3.58. The van der Waals surface area contributed by atoms with Gasteiger partial charge in [-0.3, -0.25) is 0 Å². The van der Waals surface area contributed by atoms with Crippen LogP contribution in [-0.2, 0) is 9.53 Å². The van der Waals surface area contributed by atoms with Crippen LogP contribution >= 0.6 is 0 Å². The van der Waals surface area contributed by atoms with E-state index in [1.165, 1.54) is 0 Å². The molecule has 3 atom stereocenters. The van der Waals surface area contributed by atoms with Gasteiger partial charge in [0, 0.05) is 18.3 Å². The molecule has 3 heteroatoms. The Morgan fingerprint density at radius 2 is 1.92 bits per heavy atom. The summed E-state index contributed by atoms with van der Waals surface area (Å²) in [5.41, 5.74) is 0. The highest BCUT2D eigenvalue weighted by atomic mass is 16.6. The molecule has 1 aliphatic rings. The topological polar surface area (TPSA) is 31.2 Å². The molecule has 0 amide bonds. The first-order chi connectivity index (χ1) is 6.20. The van der Waals surface area contributed by atoms with Crippen molar-refractivity contribution in [2.45, 2.75) is 26.0 Å². The van der Waals surface area contributed by atoms with Gasteiger partial charge < -0.3 is 9.30 Å². The van der Waals surface area contributed by atoms with Crippen LogP contribution in [0.15, 0.2) is 24.5 Å². The molecule has 70 valence electrons. The van der Waals surface area contributed by atoms with E-state index in [2.05, 4.69) is 0 Å². The summed E-state index contributed by atoms with van der Waals surface area (Å²) in [6.07, 6.45) is 3.83. The van der Waals surface area contributed by atoms with E-state index in [0.717, 1.165) is 0 Å². The lowest BCUT2D eigenvalue weighted by Gasteiger charge is -2.13. The Balaban J connectivity index is 2.29. The van der Waals surface area contributed by atoms with Crippen LogP contribution in [0.25, 0.3) is 0 Å². The van der Waals surface area contributed by atoms with Crippen molar-refractivity contribution in [2.24, 2.45) is 5.92 Å². The number of rotatable bonds is 1. The third kappa shape index (κ3) is 1.24. The van der Waals surface area contributed by atoms with E-state index >= 15 is 0 Å². The zero-order chi connectivity index (χ0) is 9.42. The zero-order valence-corrected chi connectivity index (χ0v) is 7.81. The number of hydrogen-bond donors (Lipinski definition) is 0. The molecule has 1 aromatic rings. The molecular formula is C10H13NO2. The summed E-state index contributed by atoms with van der Waals surface area (Å²) in [4.78, 5) is 11.5. The summed E-state index contributed by atoms with van der Waals surface area (Å²) in [5, 5.41) is 0. The Morgan fingerprint density at radius 1 is 1.31 bits per heavy atom. The maximum Gasteiger partial charge on any atom is 0.329 e. The molecule has 0 N–H and O–H groups in total. The first-order valence-electron chi connectivity index (χ1n) is 4.53.